The summed E-state index contributed by atoms with van der Waals surface area (Å²) in [7, 11) is 0. The molecule has 3 fully saturated rings. The number of fused-ring (bicyclic) bond motifs is 5. The molecule has 1 aliphatic carbocycles. The zero-order valence-electron chi connectivity index (χ0n) is 19.9. The van der Waals surface area contributed by atoms with Gasteiger partial charge in [-0.1, -0.05) is 49.8 Å². The van der Waals surface area contributed by atoms with Gasteiger partial charge in [-0.25, -0.2) is 0 Å². The lowest BCUT2D eigenvalue weighted by atomic mass is 9.74. The summed E-state index contributed by atoms with van der Waals surface area (Å²) in [5.41, 5.74) is 4.15. The Morgan fingerprint density at radius 3 is 2.66 bits per heavy atom. The minimum atomic E-state index is -1.91. The number of carbonyl (C=O) groups excluding carboxylic acids is 1. The van der Waals surface area contributed by atoms with Crippen LogP contribution in [0.1, 0.15) is 59.6 Å². The van der Waals surface area contributed by atoms with Crippen molar-refractivity contribution in [2.45, 2.75) is 83.8 Å². The van der Waals surface area contributed by atoms with E-state index >= 15 is 0 Å². The summed E-state index contributed by atoms with van der Waals surface area (Å²) in [5, 5.41) is 0. The van der Waals surface area contributed by atoms with Gasteiger partial charge in [-0.3, -0.25) is 9.78 Å². The van der Waals surface area contributed by atoms with Crippen LogP contribution in [0, 0.1) is 29.6 Å². The normalized spacial score (nSPS) is 43.1. The van der Waals surface area contributed by atoms with E-state index in [9.17, 15) is 4.79 Å². The van der Waals surface area contributed by atoms with E-state index in [0.29, 0.717) is 11.8 Å². The van der Waals surface area contributed by atoms with Crippen molar-refractivity contribution < 1.29 is 14.3 Å². The van der Waals surface area contributed by atoms with Gasteiger partial charge < -0.3 is 9.47 Å². The van der Waals surface area contributed by atoms with Crippen molar-refractivity contribution in [3.63, 3.8) is 0 Å². The lowest BCUT2D eigenvalue weighted by molar-refractivity contribution is -0.194. The van der Waals surface area contributed by atoms with Crippen LogP contribution >= 0.6 is 6.04 Å². The largest absolute Gasteiger partial charge is 0.435 e. The molecule has 2 unspecified atom stereocenters. The zero-order chi connectivity index (χ0) is 22.8. The van der Waals surface area contributed by atoms with Crippen molar-refractivity contribution in [3.05, 3.63) is 41.2 Å². The minimum Gasteiger partial charge on any atom is -0.435 e. The molecular weight excluding hydrogens is 437 g/mol. The van der Waals surface area contributed by atoms with Crippen LogP contribution in [0.15, 0.2) is 35.5 Å². The number of hydrogen-bond acceptors (Lipinski definition) is 5. The first-order valence-electron chi connectivity index (χ1n) is 12.2. The van der Waals surface area contributed by atoms with Crippen LogP contribution in [-0.2, 0) is 32.2 Å². The number of esters is 1. The molecule has 32 heavy (non-hydrogen) atoms. The second-order valence-corrected chi connectivity index (χ2v) is 16.2. The summed E-state index contributed by atoms with van der Waals surface area (Å²) in [6, 6.07) is 4.15. The smallest absolute Gasteiger partial charge is 0.312 e. The van der Waals surface area contributed by atoms with E-state index in [1.54, 1.807) is 0 Å². The minimum absolute atomic E-state index is 0.0675. The summed E-state index contributed by atoms with van der Waals surface area (Å²) in [6.07, 6.45) is 5.81. The number of rotatable bonds is 5. The molecule has 4 heterocycles. The van der Waals surface area contributed by atoms with Crippen LogP contribution in [0.25, 0.3) is 0 Å². The van der Waals surface area contributed by atoms with E-state index in [2.05, 4.69) is 45.7 Å². The molecule has 0 N–H and O–H groups in total. The predicted molar refractivity (Wildman–Crippen MR) is 131 cm³/mol. The van der Waals surface area contributed by atoms with Gasteiger partial charge in [0.1, 0.15) is 0 Å². The Morgan fingerprint density at radius 2 is 1.97 bits per heavy atom. The molecule has 1 aromatic rings. The van der Waals surface area contributed by atoms with E-state index < -0.39 is 12.3 Å². The third kappa shape index (κ3) is 3.46. The maximum Gasteiger partial charge on any atom is 0.312 e. The number of hydrogen-bond donors (Lipinski definition) is 0. The van der Waals surface area contributed by atoms with Crippen molar-refractivity contribution in [2.24, 2.45) is 29.6 Å². The number of carbonyl (C=O) groups is 1. The Balaban J connectivity index is 1.45. The molecule has 4 nitrogen and oxygen atoms in total. The summed E-state index contributed by atoms with van der Waals surface area (Å²) < 4.78 is 12.7. The number of cyclic esters (lactones) is 1. The van der Waals surface area contributed by atoms with Crippen molar-refractivity contribution >= 4 is 23.8 Å². The number of pyridine rings is 1. The highest BCUT2D eigenvalue weighted by atomic mass is 32.4. The zero-order valence-corrected chi connectivity index (χ0v) is 21.6. The number of ether oxygens (including phenoxy) is 2. The van der Waals surface area contributed by atoms with E-state index in [0.717, 1.165) is 24.2 Å². The fraction of sp³-hybridized carbons (Fsp3) is 0.692. The predicted octanol–water partition coefficient (Wildman–Crippen LogP) is 5.75. The fourth-order valence-electron chi connectivity index (χ4n) is 7.20. The van der Waals surface area contributed by atoms with E-state index in [-0.39, 0.29) is 35.2 Å². The fourth-order valence-corrected chi connectivity index (χ4v) is 14.3. The molecule has 174 valence electrons. The summed E-state index contributed by atoms with van der Waals surface area (Å²) in [5.74, 6) is 1.67. The Labute approximate surface area is 197 Å². The van der Waals surface area contributed by atoms with Crippen LogP contribution in [-0.4, -0.2) is 34.7 Å². The van der Waals surface area contributed by atoms with Gasteiger partial charge in [0.2, 0.25) is 6.29 Å². The van der Waals surface area contributed by atoms with E-state index in [1.807, 2.05) is 18.3 Å². The molecule has 0 aromatic carbocycles. The highest BCUT2D eigenvalue weighted by molar-refractivity contribution is 8.15. The number of aromatic nitrogens is 1. The van der Waals surface area contributed by atoms with Crippen molar-refractivity contribution in [1.82, 2.24) is 4.98 Å². The SMILES string of the molecule is CC1=C(C)[C@H]2[C@H]3[C@H](OC4CC[C@H](C)C[C@H]4C(C)C)OC(=O)[C@H]3[C@@H]1P2(=S)Cc1ccccn1. The van der Waals surface area contributed by atoms with Crippen molar-refractivity contribution in [2.75, 3.05) is 0 Å². The average molecular weight is 474 g/mol. The van der Waals surface area contributed by atoms with Gasteiger partial charge in [0.05, 0.1) is 12.0 Å². The maximum absolute atomic E-state index is 13.2. The van der Waals surface area contributed by atoms with Gasteiger partial charge in [-0.05, 0) is 69.0 Å². The highest BCUT2D eigenvalue weighted by Gasteiger charge is 2.68. The van der Waals surface area contributed by atoms with E-state index in [1.165, 1.54) is 24.0 Å². The van der Waals surface area contributed by atoms with Gasteiger partial charge >= 0.3 is 5.97 Å². The Morgan fingerprint density at radius 1 is 1.22 bits per heavy atom. The highest BCUT2D eigenvalue weighted by Crippen LogP contribution is 2.78. The molecule has 6 heteroatoms. The van der Waals surface area contributed by atoms with Gasteiger partial charge in [0, 0.05) is 35.3 Å². The molecule has 1 aromatic heterocycles. The van der Waals surface area contributed by atoms with Crippen LogP contribution < -0.4 is 0 Å². The van der Waals surface area contributed by atoms with Gasteiger partial charge in [0.25, 0.3) is 0 Å². The number of nitrogens with zero attached hydrogens (tertiary/aromatic N) is 1. The summed E-state index contributed by atoms with van der Waals surface area (Å²) in [4.78, 5) is 17.8. The Bertz CT molecular complexity index is 977. The van der Waals surface area contributed by atoms with Gasteiger partial charge in [0.15, 0.2) is 0 Å². The second kappa shape index (κ2) is 8.32. The molecule has 4 aliphatic rings. The Hall–Kier alpha value is -1.03. The molecule has 5 rings (SSSR count). The second-order valence-electron chi connectivity index (χ2n) is 11.0. The third-order valence-electron chi connectivity index (χ3n) is 8.79. The first-order valence-corrected chi connectivity index (χ1v) is 15.4. The number of allylic oxidation sites excluding steroid dienone is 2. The Kier molecular flexibility index (Phi) is 5.92. The maximum atomic E-state index is 13.2. The molecule has 9 atom stereocenters. The lowest BCUT2D eigenvalue weighted by Crippen LogP contribution is -2.40. The molecule has 0 radical (unpaired) electrons. The van der Waals surface area contributed by atoms with E-state index in [4.69, 9.17) is 21.3 Å². The molecule has 1 saturated carbocycles. The molecule has 2 saturated heterocycles. The topological polar surface area (TPSA) is 48.4 Å². The van der Waals surface area contributed by atoms with Gasteiger partial charge in [-0.15, -0.1) is 0 Å². The van der Waals surface area contributed by atoms with Crippen LogP contribution in [0.5, 0.6) is 0 Å². The lowest BCUT2D eigenvalue weighted by Gasteiger charge is -2.39. The third-order valence-corrected chi connectivity index (χ3v) is 14.7. The molecule has 2 bridgehead atoms. The first-order chi connectivity index (χ1) is 15.2. The van der Waals surface area contributed by atoms with Crippen molar-refractivity contribution in [1.29, 1.82) is 0 Å². The first kappa shape index (κ1) is 22.7. The van der Waals surface area contributed by atoms with Gasteiger partial charge in [-0.2, -0.15) is 0 Å². The summed E-state index contributed by atoms with van der Waals surface area (Å²) >= 11 is 6.52. The van der Waals surface area contributed by atoms with Crippen molar-refractivity contribution in [3.8, 4) is 0 Å². The monoisotopic (exact) mass is 473 g/mol. The standard InChI is InChI=1S/C26H36NO3PS/c1-14(2)19-12-15(3)9-10-20(19)29-26-22-21(25(28)30-26)23-16(4)17(5)24(22)31(23,32)13-18-8-6-7-11-27-18/h6-8,11,14-15,19-24,26H,9-10,12-13H2,1-5H3/t15-,19-,20?,21+,22-,23+,24-,26+,31?/m0/s1. The van der Waals surface area contributed by atoms with Crippen LogP contribution in [0.2, 0.25) is 0 Å². The average Bonchev–Trinajstić information content (AvgIpc) is 3.26. The quantitative estimate of drug-likeness (QED) is 0.309. The van der Waals surface area contributed by atoms with Crippen LogP contribution in [0.4, 0.5) is 0 Å². The van der Waals surface area contributed by atoms with Crippen LogP contribution in [0.3, 0.4) is 0 Å². The molecule has 0 spiro atoms. The molecular formula is C26H36NO3PS. The molecule has 0 amide bonds. The summed E-state index contributed by atoms with van der Waals surface area (Å²) in [6.45, 7) is 11.4. The molecule has 3 aliphatic heterocycles.